The van der Waals surface area contributed by atoms with E-state index in [1.807, 2.05) is 30.9 Å². The first-order valence-electron chi connectivity index (χ1n) is 11.2. The third-order valence-electron chi connectivity index (χ3n) is 5.68. The van der Waals surface area contributed by atoms with E-state index in [0.717, 1.165) is 18.5 Å². The van der Waals surface area contributed by atoms with E-state index in [2.05, 4.69) is 33.8 Å². The minimum absolute atomic E-state index is 0.136. The molecule has 0 bridgehead atoms. The van der Waals surface area contributed by atoms with Crippen LogP contribution in [-0.2, 0) is 17.8 Å². The third-order valence-corrected chi connectivity index (χ3v) is 5.68. The SMILES string of the molecule is CCNC(=NCCCC(=O)N1CCc2ccccc2C1)NC(C)c1ccc(OC)c(F)c1. The minimum Gasteiger partial charge on any atom is -0.494 e. The number of guanidine groups is 1. The fourth-order valence-corrected chi connectivity index (χ4v) is 3.85. The van der Waals surface area contributed by atoms with Crippen molar-refractivity contribution in [2.45, 2.75) is 45.7 Å². The zero-order chi connectivity index (χ0) is 22.9. The molecule has 0 saturated carbocycles. The van der Waals surface area contributed by atoms with Crippen LogP contribution in [0.1, 0.15) is 49.4 Å². The fraction of sp³-hybridized carbons (Fsp3) is 0.440. The summed E-state index contributed by atoms with van der Waals surface area (Å²) < 4.78 is 19.0. The predicted molar refractivity (Wildman–Crippen MR) is 125 cm³/mol. The van der Waals surface area contributed by atoms with Crippen molar-refractivity contribution in [3.8, 4) is 5.75 Å². The summed E-state index contributed by atoms with van der Waals surface area (Å²) in [5, 5.41) is 6.51. The summed E-state index contributed by atoms with van der Waals surface area (Å²) in [5.41, 5.74) is 3.38. The minimum atomic E-state index is -0.389. The van der Waals surface area contributed by atoms with Crippen LogP contribution in [-0.4, -0.2) is 43.5 Å². The molecule has 0 radical (unpaired) electrons. The van der Waals surface area contributed by atoms with E-state index < -0.39 is 0 Å². The molecule has 1 atom stereocenters. The van der Waals surface area contributed by atoms with Crippen molar-refractivity contribution < 1.29 is 13.9 Å². The number of carbonyl (C=O) groups is 1. The number of aliphatic imine (C=N–C) groups is 1. The van der Waals surface area contributed by atoms with Crippen molar-refractivity contribution in [2.24, 2.45) is 4.99 Å². The van der Waals surface area contributed by atoms with Crippen LogP contribution in [0, 0.1) is 5.82 Å². The van der Waals surface area contributed by atoms with Crippen molar-refractivity contribution in [3.05, 3.63) is 65.0 Å². The van der Waals surface area contributed by atoms with Crippen molar-refractivity contribution >= 4 is 11.9 Å². The summed E-state index contributed by atoms with van der Waals surface area (Å²) in [6.45, 7) is 6.66. The van der Waals surface area contributed by atoms with E-state index in [1.165, 1.54) is 24.3 Å². The highest BCUT2D eigenvalue weighted by atomic mass is 19.1. The molecular weight excluding hydrogens is 407 g/mol. The monoisotopic (exact) mass is 440 g/mol. The molecule has 7 heteroatoms. The summed E-state index contributed by atoms with van der Waals surface area (Å²) in [6, 6.07) is 13.1. The van der Waals surface area contributed by atoms with E-state index in [-0.39, 0.29) is 23.5 Å². The molecule has 1 unspecified atom stereocenters. The van der Waals surface area contributed by atoms with Crippen molar-refractivity contribution in [3.63, 3.8) is 0 Å². The van der Waals surface area contributed by atoms with Crippen LogP contribution in [0.3, 0.4) is 0 Å². The molecule has 0 saturated heterocycles. The second-order valence-electron chi connectivity index (χ2n) is 7.96. The van der Waals surface area contributed by atoms with Gasteiger partial charge in [-0.1, -0.05) is 30.3 Å². The lowest BCUT2D eigenvalue weighted by Gasteiger charge is -2.29. The van der Waals surface area contributed by atoms with Crippen LogP contribution in [0.4, 0.5) is 4.39 Å². The zero-order valence-electron chi connectivity index (χ0n) is 19.2. The largest absolute Gasteiger partial charge is 0.494 e. The van der Waals surface area contributed by atoms with Gasteiger partial charge < -0.3 is 20.3 Å². The van der Waals surface area contributed by atoms with Crippen molar-refractivity contribution in [2.75, 3.05) is 26.7 Å². The highest BCUT2D eigenvalue weighted by molar-refractivity contribution is 5.80. The Bertz CT molecular complexity index is 947. The number of rotatable bonds is 8. The second kappa shape index (κ2) is 11.5. The van der Waals surface area contributed by atoms with Crippen molar-refractivity contribution in [1.29, 1.82) is 0 Å². The number of halogens is 1. The summed E-state index contributed by atoms with van der Waals surface area (Å²) in [6.07, 6.45) is 2.07. The zero-order valence-corrected chi connectivity index (χ0v) is 19.2. The van der Waals surface area contributed by atoms with Gasteiger partial charge in [0.1, 0.15) is 0 Å². The van der Waals surface area contributed by atoms with Crippen LogP contribution >= 0.6 is 0 Å². The lowest BCUT2D eigenvalue weighted by molar-refractivity contribution is -0.132. The van der Waals surface area contributed by atoms with Crippen LogP contribution in [0.2, 0.25) is 0 Å². The first kappa shape index (κ1) is 23.6. The quantitative estimate of drug-likeness (QED) is 0.372. The molecule has 3 rings (SSSR count). The molecule has 1 amide bonds. The summed E-state index contributed by atoms with van der Waals surface area (Å²) in [7, 11) is 1.45. The highest BCUT2D eigenvalue weighted by Gasteiger charge is 2.19. The Morgan fingerprint density at radius 3 is 2.75 bits per heavy atom. The number of amides is 1. The molecule has 172 valence electrons. The third kappa shape index (κ3) is 6.22. The average Bonchev–Trinajstić information content (AvgIpc) is 2.81. The molecule has 0 aliphatic carbocycles. The van der Waals surface area contributed by atoms with E-state index in [9.17, 15) is 9.18 Å². The maximum absolute atomic E-state index is 14.0. The van der Waals surface area contributed by atoms with E-state index in [4.69, 9.17) is 4.74 Å². The standard InChI is InChI=1S/C25H33FN4O2/c1-4-27-25(29-18(2)20-11-12-23(32-3)22(26)16-20)28-14-7-10-24(31)30-15-13-19-8-5-6-9-21(19)17-30/h5-6,8-9,11-12,16,18H,4,7,10,13-15,17H2,1-3H3,(H2,27,28,29). The number of nitrogens with zero attached hydrogens (tertiary/aromatic N) is 2. The van der Waals surface area contributed by atoms with Crippen LogP contribution < -0.4 is 15.4 Å². The van der Waals surface area contributed by atoms with Gasteiger partial charge in [0.25, 0.3) is 0 Å². The number of benzene rings is 2. The van der Waals surface area contributed by atoms with Gasteiger partial charge in [-0.2, -0.15) is 0 Å². The van der Waals surface area contributed by atoms with Crippen LogP contribution in [0.15, 0.2) is 47.5 Å². The lowest BCUT2D eigenvalue weighted by atomic mass is 9.99. The molecule has 1 heterocycles. The maximum Gasteiger partial charge on any atom is 0.222 e. The number of ether oxygens (including phenoxy) is 1. The summed E-state index contributed by atoms with van der Waals surface area (Å²) in [4.78, 5) is 19.2. The number of nitrogens with one attached hydrogen (secondary N) is 2. The van der Waals surface area contributed by atoms with Crippen LogP contribution in [0.25, 0.3) is 0 Å². The Kier molecular flexibility index (Phi) is 8.48. The number of methoxy groups -OCH3 is 1. The van der Waals surface area contributed by atoms with Crippen molar-refractivity contribution in [1.82, 2.24) is 15.5 Å². The molecule has 1 aliphatic heterocycles. The lowest BCUT2D eigenvalue weighted by Crippen LogP contribution is -2.39. The smallest absolute Gasteiger partial charge is 0.222 e. The van der Waals surface area contributed by atoms with E-state index in [1.54, 1.807) is 6.07 Å². The fourth-order valence-electron chi connectivity index (χ4n) is 3.85. The topological polar surface area (TPSA) is 66.0 Å². The number of carbonyl (C=O) groups excluding carboxylic acids is 1. The number of fused-ring (bicyclic) bond motifs is 1. The van der Waals surface area contributed by atoms with Gasteiger partial charge in [0.2, 0.25) is 5.91 Å². The van der Waals surface area contributed by atoms with E-state index >= 15 is 0 Å². The van der Waals surface area contributed by atoms with Gasteiger partial charge in [0, 0.05) is 32.6 Å². The number of hydrogen-bond donors (Lipinski definition) is 2. The Morgan fingerprint density at radius 2 is 2.03 bits per heavy atom. The molecule has 2 aromatic rings. The van der Waals surface area contributed by atoms with Gasteiger partial charge in [0.15, 0.2) is 17.5 Å². The maximum atomic E-state index is 14.0. The molecule has 6 nitrogen and oxygen atoms in total. The molecule has 2 N–H and O–H groups in total. The summed E-state index contributed by atoms with van der Waals surface area (Å²) >= 11 is 0. The molecule has 2 aromatic carbocycles. The molecule has 0 fully saturated rings. The Balaban J connectivity index is 1.49. The van der Waals surface area contributed by atoms with Gasteiger partial charge in [0.05, 0.1) is 13.2 Å². The normalized spacial score (nSPS) is 14.5. The molecule has 0 aromatic heterocycles. The first-order chi connectivity index (χ1) is 15.5. The molecule has 0 spiro atoms. The highest BCUT2D eigenvalue weighted by Crippen LogP contribution is 2.22. The molecule has 32 heavy (non-hydrogen) atoms. The van der Waals surface area contributed by atoms with Crippen LogP contribution in [0.5, 0.6) is 5.75 Å². The van der Waals surface area contributed by atoms with Gasteiger partial charge >= 0.3 is 0 Å². The Morgan fingerprint density at radius 1 is 1.25 bits per heavy atom. The molecular formula is C25H33FN4O2. The second-order valence-corrected chi connectivity index (χ2v) is 7.96. The van der Waals surface area contributed by atoms with Gasteiger partial charge in [-0.3, -0.25) is 9.79 Å². The van der Waals surface area contributed by atoms with Gasteiger partial charge in [-0.05, 0) is 55.5 Å². The van der Waals surface area contributed by atoms with Gasteiger partial charge in [-0.25, -0.2) is 4.39 Å². The average molecular weight is 441 g/mol. The Labute approximate surface area is 189 Å². The Hall–Kier alpha value is -3.09. The molecule has 1 aliphatic rings. The van der Waals surface area contributed by atoms with Gasteiger partial charge in [-0.15, -0.1) is 0 Å². The van der Waals surface area contributed by atoms with E-state index in [0.29, 0.717) is 38.4 Å². The number of hydrogen-bond acceptors (Lipinski definition) is 3. The predicted octanol–water partition coefficient (Wildman–Crippen LogP) is 3.82. The summed E-state index contributed by atoms with van der Waals surface area (Å²) in [5.74, 6) is 0.660. The first-order valence-corrected chi connectivity index (χ1v) is 11.2.